The average molecular weight is 206 g/mol. The molecule has 0 saturated heterocycles. The number of furan rings is 1. The van der Waals surface area contributed by atoms with Crippen LogP contribution < -0.4 is 0 Å². The van der Waals surface area contributed by atoms with Crippen molar-refractivity contribution in [2.75, 3.05) is 0 Å². The standard InChI is InChI=1S/C11H14N2O2/c1-3-9-6-10(13(2)12-9)11(14)8-4-5-15-7-8/h4-7,11,14H,3H2,1-2H3. The molecule has 1 unspecified atom stereocenters. The molecule has 80 valence electrons. The number of nitrogens with zero attached hydrogens (tertiary/aromatic N) is 2. The Morgan fingerprint density at radius 3 is 2.93 bits per heavy atom. The highest BCUT2D eigenvalue weighted by Gasteiger charge is 2.16. The van der Waals surface area contributed by atoms with E-state index in [1.165, 1.54) is 0 Å². The van der Waals surface area contributed by atoms with Crippen LogP contribution in [0, 0.1) is 0 Å². The Kier molecular flexibility index (Phi) is 2.60. The molecule has 0 amide bonds. The van der Waals surface area contributed by atoms with E-state index in [2.05, 4.69) is 5.10 Å². The van der Waals surface area contributed by atoms with E-state index in [0.29, 0.717) is 0 Å². The highest BCUT2D eigenvalue weighted by atomic mass is 16.3. The minimum Gasteiger partial charge on any atom is -0.472 e. The molecule has 0 spiro atoms. The lowest BCUT2D eigenvalue weighted by molar-refractivity contribution is 0.209. The highest BCUT2D eigenvalue weighted by Crippen LogP contribution is 2.22. The van der Waals surface area contributed by atoms with E-state index in [1.54, 1.807) is 23.3 Å². The van der Waals surface area contributed by atoms with E-state index in [0.717, 1.165) is 23.4 Å². The molecule has 1 N–H and O–H groups in total. The van der Waals surface area contributed by atoms with Crippen LogP contribution in [0.25, 0.3) is 0 Å². The average Bonchev–Trinajstić information content (AvgIpc) is 2.85. The summed E-state index contributed by atoms with van der Waals surface area (Å²) in [6, 6.07) is 3.67. The van der Waals surface area contributed by atoms with Gasteiger partial charge >= 0.3 is 0 Å². The lowest BCUT2D eigenvalue weighted by atomic mass is 10.1. The second-order valence-corrected chi connectivity index (χ2v) is 3.50. The minimum atomic E-state index is -0.665. The van der Waals surface area contributed by atoms with Crippen molar-refractivity contribution < 1.29 is 9.52 Å². The third kappa shape index (κ3) is 1.80. The van der Waals surface area contributed by atoms with Crippen LogP contribution in [0.5, 0.6) is 0 Å². The van der Waals surface area contributed by atoms with Gasteiger partial charge in [0.05, 0.1) is 23.9 Å². The fraction of sp³-hybridized carbons (Fsp3) is 0.364. The van der Waals surface area contributed by atoms with Gasteiger partial charge in [0, 0.05) is 12.6 Å². The predicted octanol–water partition coefficient (Wildman–Crippen LogP) is 1.66. The van der Waals surface area contributed by atoms with E-state index in [4.69, 9.17) is 4.42 Å². The summed E-state index contributed by atoms with van der Waals surface area (Å²) in [6.07, 6.45) is 3.30. The first-order valence-corrected chi connectivity index (χ1v) is 4.95. The molecule has 0 aliphatic rings. The molecule has 4 heteroatoms. The van der Waals surface area contributed by atoms with Crippen LogP contribution in [0.15, 0.2) is 29.1 Å². The van der Waals surface area contributed by atoms with E-state index < -0.39 is 6.10 Å². The predicted molar refractivity (Wildman–Crippen MR) is 55.4 cm³/mol. The highest BCUT2D eigenvalue weighted by molar-refractivity contribution is 5.23. The van der Waals surface area contributed by atoms with E-state index in [9.17, 15) is 5.11 Å². The number of aliphatic hydroxyl groups excluding tert-OH is 1. The van der Waals surface area contributed by atoms with Crippen LogP contribution >= 0.6 is 0 Å². The van der Waals surface area contributed by atoms with Crippen LogP contribution in [-0.4, -0.2) is 14.9 Å². The monoisotopic (exact) mass is 206 g/mol. The number of aromatic nitrogens is 2. The topological polar surface area (TPSA) is 51.2 Å². The van der Waals surface area contributed by atoms with Crippen molar-refractivity contribution in [1.29, 1.82) is 0 Å². The van der Waals surface area contributed by atoms with Gasteiger partial charge in [0.2, 0.25) is 0 Å². The summed E-state index contributed by atoms with van der Waals surface area (Å²) < 4.78 is 6.65. The van der Waals surface area contributed by atoms with Crippen LogP contribution in [0.1, 0.15) is 30.0 Å². The zero-order chi connectivity index (χ0) is 10.8. The van der Waals surface area contributed by atoms with Crippen molar-refractivity contribution >= 4 is 0 Å². The Labute approximate surface area is 88.1 Å². The van der Waals surface area contributed by atoms with Gasteiger partial charge in [0.1, 0.15) is 6.10 Å². The van der Waals surface area contributed by atoms with E-state index in [-0.39, 0.29) is 0 Å². The molecule has 0 aliphatic heterocycles. The lowest BCUT2D eigenvalue weighted by Gasteiger charge is -2.07. The molecule has 0 bridgehead atoms. The molecule has 0 fully saturated rings. The van der Waals surface area contributed by atoms with Crippen LogP contribution in [-0.2, 0) is 13.5 Å². The zero-order valence-corrected chi connectivity index (χ0v) is 8.84. The summed E-state index contributed by atoms with van der Waals surface area (Å²) >= 11 is 0. The first-order valence-electron chi connectivity index (χ1n) is 4.95. The summed E-state index contributed by atoms with van der Waals surface area (Å²) in [5.41, 5.74) is 2.52. The van der Waals surface area contributed by atoms with Crippen molar-refractivity contribution in [3.05, 3.63) is 41.6 Å². The molecule has 2 rings (SSSR count). The molecule has 0 radical (unpaired) electrons. The molecule has 4 nitrogen and oxygen atoms in total. The first-order chi connectivity index (χ1) is 7.22. The maximum Gasteiger partial charge on any atom is 0.124 e. The first kappa shape index (κ1) is 9.98. The molecule has 0 saturated carbocycles. The number of hydrogen-bond donors (Lipinski definition) is 1. The number of aliphatic hydroxyl groups is 1. The Morgan fingerprint density at radius 1 is 1.60 bits per heavy atom. The maximum atomic E-state index is 10.0. The van der Waals surface area contributed by atoms with Gasteiger partial charge in [-0.25, -0.2) is 0 Å². The Bertz CT molecular complexity index is 431. The summed E-state index contributed by atoms with van der Waals surface area (Å²) in [5, 5.41) is 14.3. The normalized spacial score (nSPS) is 13.0. The van der Waals surface area contributed by atoms with Crippen molar-refractivity contribution in [1.82, 2.24) is 9.78 Å². The van der Waals surface area contributed by atoms with Gasteiger partial charge in [-0.05, 0) is 18.6 Å². The Morgan fingerprint density at radius 2 is 2.40 bits per heavy atom. The number of rotatable bonds is 3. The van der Waals surface area contributed by atoms with Gasteiger partial charge in [-0.2, -0.15) is 5.10 Å². The maximum absolute atomic E-state index is 10.0. The van der Waals surface area contributed by atoms with Gasteiger partial charge < -0.3 is 9.52 Å². The summed E-state index contributed by atoms with van der Waals surface area (Å²) in [5.74, 6) is 0. The summed E-state index contributed by atoms with van der Waals surface area (Å²) in [4.78, 5) is 0. The third-order valence-corrected chi connectivity index (χ3v) is 2.47. The second kappa shape index (κ2) is 3.90. The molecule has 15 heavy (non-hydrogen) atoms. The van der Waals surface area contributed by atoms with Crippen molar-refractivity contribution in [3.8, 4) is 0 Å². The number of aryl methyl sites for hydroxylation is 2. The molecule has 1 atom stereocenters. The van der Waals surface area contributed by atoms with Crippen LogP contribution in [0.4, 0.5) is 0 Å². The third-order valence-electron chi connectivity index (χ3n) is 2.47. The fourth-order valence-electron chi connectivity index (χ4n) is 1.57. The van der Waals surface area contributed by atoms with Gasteiger partial charge in [-0.3, -0.25) is 4.68 Å². The van der Waals surface area contributed by atoms with Crippen molar-refractivity contribution in [3.63, 3.8) is 0 Å². The molecule has 0 aromatic carbocycles. The minimum absolute atomic E-state index is 0.665. The molecule has 2 aromatic heterocycles. The Hall–Kier alpha value is -1.55. The van der Waals surface area contributed by atoms with Crippen LogP contribution in [0.3, 0.4) is 0 Å². The van der Waals surface area contributed by atoms with E-state index in [1.807, 2.05) is 20.0 Å². The Balaban J connectivity index is 2.33. The van der Waals surface area contributed by atoms with Gasteiger partial charge in [0.25, 0.3) is 0 Å². The number of hydrogen-bond acceptors (Lipinski definition) is 3. The van der Waals surface area contributed by atoms with E-state index >= 15 is 0 Å². The van der Waals surface area contributed by atoms with Gasteiger partial charge in [-0.15, -0.1) is 0 Å². The second-order valence-electron chi connectivity index (χ2n) is 3.50. The molecule has 2 aromatic rings. The largest absolute Gasteiger partial charge is 0.472 e. The molecular weight excluding hydrogens is 192 g/mol. The van der Waals surface area contributed by atoms with Crippen molar-refractivity contribution in [2.24, 2.45) is 7.05 Å². The smallest absolute Gasteiger partial charge is 0.124 e. The van der Waals surface area contributed by atoms with Crippen molar-refractivity contribution in [2.45, 2.75) is 19.4 Å². The summed E-state index contributed by atoms with van der Waals surface area (Å²) in [6.45, 7) is 2.04. The zero-order valence-electron chi connectivity index (χ0n) is 8.84. The molecular formula is C11H14N2O2. The molecule has 2 heterocycles. The SMILES string of the molecule is CCc1cc(C(O)c2ccoc2)n(C)n1. The fourth-order valence-corrected chi connectivity index (χ4v) is 1.57. The molecule has 0 aliphatic carbocycles. The van der Waals surface area contributed by atoms with Crippen LogP contribution in [0.2, 0.25) is 0 Å². The summed E-state index contributed by atoms with van der Waals surface area (Å²) in [7, 11) is 1.83. The lowest BCUT2D eigenvalue weighted by Crippen LogP contribution is -2.05. The van der Waals surface area contributed by atoms with Gasteiger partial charge in [-0.1, -0.05) is 6.92 Å². The quantitative estimate of drug-likeness (QED) is 0.830. The van der Waals surface area contributed by atoms with Gasteiger partial charge in [0.15, 0.2) is 0 Å².